The van der Waals surface area contributed by atoms with Crippen molar-refractivity contribution in [3.63, 3.8) is 0 Å². The van der Waals surface area contributed by atoms with E-state index in [4.69, 9.17) is 4.74 Å². The van der Waals surface area contributed by atoms with Gasteiger partial charge in [0.15, 0.2) is 0 Å². The number of unbranched alkanes of at least 4 members (excludes halogenated alkanes) is 1. The molecule has 0 bridgehead atoms. The van der Waals surface area contributed by atoms with Crippen LogP contribution >= 0.6 is 0 Å². The normalized spacial score (nSPS) is 20.0. The number of urea groups is 1. The number of nitrogens with one attached hydrogen (secondary N) is 2. The molecule has 2 N–H and O–H groups in total. The zero-order chi connectivity index (χ0) is 18.2. The Morgan fingerprint density at radius 3 is 2.76 bits per heavy atom. The number of hydrogen-bond donors (Lipinski definition) is 2. The number of para-hydroxylation sites is 2. The van der Waals surface area contributed by atoms with E-state index in [9.17, 15) is 9.59 Å². The Kier molecular flexibility index (Phi) is 7.10. The van der Waals surface area contributed by atoms with Crippen LogP contribution in [0.15, 0.2) is 24.3 Å². The predicted octanol–water partition coefficient (Wildman–Crippen LogP) is 3.24. The molecule has 138 valence electrons. The number of likely N-dealkylation sites (tertiary alicyclic amines) is 1. The number of anilines is 1. The fourth-order valence-electron chi connectivity index (χ4n) is 3.07. The van der Waals surface area contributed by atoms with E-state index < -0.39 is 0 Å². The fraction of sp³-hybridized carbons (Fsp3) is 0.579. The van der Waals surface area contributed by atoms with Gasteiger partial charge in [-0.3, -0.25) is 4.79 Å². The molecule has 0 aliphatic carbocycles. The second-order valence-corrected chi connectivity index (χ2v) is 6.55. The highest BCUT2D eigenvalue weighted by Gasteiger charge is 2.32. The lowest BCUT2D eigenvalue weighted by atomic mass is 9.93. The van der Waals surface area contributed by atoms with Gasteiger partial charge < -0.3 is 20.3 Å². The van der Waals surface area contributed by atoms with E-state index in [-0.39, 0.29) is 23.9 Å². The van der Waals surface area contributed by atoms with Crippen LogP contribution in [0.4, 0.5) is 10.5 Å². The molecule has 0 unspecified atom stereocenters. The van der Waals surface area contributed by atoms with Crippen LogP contribution in [0.3, 0.4) is 0 Å². The molecule has 1 fully saturated rings. The van der Waals surface area contributed by atoms with Gasteiger partial charge in [-0.2, -0.15) is 0 Å². The van der Waals surface area contributed by atoms with Crippen LogP contribution in [-0.4, -0.2) is 43.1 Å². The van der Waals surface area contributed by atoms with Gasteiger partial charge in [-0.25, -0.2) is 4.79 Å². The zero-order valence-corrected chi connectivity index (χ0v) is 15.4. The molecule has 2 rings (SSSR count). The Bertz CT molecular complexity index is 591. The van der Waals surface area contributed by atoms with Gasteiger partial charge in [0, 0.05) is 19.1 Å². The first-order chi connectivity index (χ1) is 12.1. The molecule has 6 heteroatoms. The minimum absolute atomic E-state index is 0.0513. The largest absolute Gasteiger partial charge is 0.495 e. The van der Waals surface area contributed by atoms with Gasteiger partial charge in [-0.1, -0.05) is 25.5 Å². The van der Waals surface area contributed by atoms with Crippen molar-refractivity contribution in [2.24, 2.45) is 5.92 Å². The van der Waals surface area contributed by atoms with Gasteiger partial charge in [0.1, 0.15) is 5.75 Å². The molecular formula is C19H29N3O3. The summed E-state index contributed by atoms with van der Waals surface area (Å²) in [5.74, 6) is 0.529. The molecule has 3 amide bonds. The monoisotopic (exact) mass is 347 g/mol. The number of carbonyl (C=O) groups is 2. The molecule has 1 aliphatic heterocycles. The Labute approximate surface area is 149 Å². The van der Waals surface area contributed by atoms with Gasteiger partial charge in [-0.05, 0) is 38.3 Å². The molecule has 1 aliphatic rings. The first-order valence-electron chi connectivity index (χ1n) is 9.05. The Morgan fingerprint density at radius 1 is 1.28 bits per heavy atom. The SMILES string of the molecule is CCCCNC(=O)[C@@H]1CC[C@@H](C)N(C(=O)Nc2ccccc2OC)C1. The van der Waals surface area contributed by atoms with Crippen LogP contribution in [0, 0.1) is 5.92 Å². The first-order valence-corrected chi connectivity index (χ1v) is 9.05. The van der Waals surface area contributed by atoms with Gasteiger partial charge >= 0.3 is 6.03 Å². The second-order valence-electron chi connectivity index (χ2n) is 6.55. The third kappa shape index (κ3) is 5.11. The number of rotatable bonds is 6. The number of nitrogens with zero attached hydrogens (tertiary/aromatic N) is 1. The average molecular weight is 347 g/mol. The lowest BCUT2D eigenvalue weighted by molar-refractivity contribution is -0.126. The van der Waals surface area contributed by atoms with E-state index in [2.05, 4.69) is 17.6 Å². The van der Waals surface area contributed by atoms with E-state index in [1.165, 1.54) is 0 Å². The van der Waals surface area contributed by atoms with Crippen molar-refractivity contribution in [2.75, 3.05) is 25.5 Å². The van der Waals surface area contributed by atoms with Crippen LogP contribution in [0.5, 0.6) is 5.75 Å². The standard InChI is InChI=1S/C19H29N3O3/c1-4-5-12-20-18(23)15-11-10-14(2)22(13-15)19(24)21-16-8-6-7-9-17(16)25-3/h6-9,14-15H,4-5,10-13H2,1-3H3,(H,20,23)(H,21,24)/t14-,15-/m1/s1. The highest BCUT2D eigenvalue weighted by Crippen LogP contribution is 2.26. The molecular weight excluding hydrogens is 318 g/mol. The highest BCUT2D eigenvalue weighted by atomic mass is 16.5. The fourth-order valence-corrected chi connectivity index (χ4v) is 3.07. The Balaban J connectivity index is 1.98. The van der Waals surface area contributed by atoms with E-state index >= 15 is 0 Å². The maximum absolute atomic E-state index is 12.7. The highest BCUT2D eigenvalue weighted by molar-refractivity contribution is 5.91. The summed E-state index contributed by atoms with van der Waals surface area (Å²) in [5, 5.41) is 5.88. The molecule has 0 aromatic heterocycles. The van der Waals surface area contributed by atoms with Crippen molar-refractivity contribution in [1.29, 1.82) is 0 Å². The van der Waals surface area contributed by atoms with Crippen molar-refractivity contribution in [2.45, 2.75) is 45.6 Å². The summed E-state index contributed by atoms with van der Waals surface area (Å²) >= 11 is 0. The number of benzene rings is 1. The second kappa shape index (κ2) is 9.30. The summed E-state index contributed by atoms with van der Waals surface area (Å²) in [5.41, 5.74) is 0.636. The van der Waals surface area contributed by atoms with Gasteiger partial charge in [0.05, 0.1) is 18.7 Å². The number of carbonyl (C=O) groups excluding carboxylic acids is 2. The summed E-state index contributed by atoms with van der Waals surface area (Å²) in [6.45, 7) is 5.26. The van der Waals surface area contributed by atoms with Gasteiger partial charge in [-0.15, -0.1) is 0 Å². The maximum Gasteiger partial charge on any atom is 0.322 e. The van der Waals surface area contributed by atoms with Crippen LogP contribution in [-0.2, 0) is 4.79 Å². The van der Waals surface area contributed by atoms with Crippen molar-refractivity contribution < 1.29 is 14.3 Å². The summed E-state index contributed by atoms with van der Waals surface area (Å²) < 4.78 is 5.28. The number of hydrogen-bond acceptors (Lipinski definition) is 3. The van der Waals surface area contributed by atoms with E-state index in [1.54, 1.807) is 24.1 Å². The summed E-state index contributed by atoms with van der Waals surface area (Å²) in [6.07, 6.45) is 3.67. The summed E-state index contributed by atoms with van der Waals surface area (Å²) in [6, 6.07) is 7.23. The van der Waals surface area contributed by atoms with Crippen molar-refractivity contribution in [3.05, 3.63) is 24.3 Å². The third-order valence-electron chi connectivity index (χ3n) is 4.69. The maximum atomic E-state index is 12.7. The molecule has 6 nitrogen and oxygen atoms in total. The van der Waals surface area contributed by atoms with E-state index in [1.807, 2.05) is 19.1 Å². The molecule has 0 saturated carbocycles. The van der Waals surface area contributed by atoms with E-state index in [0.29, 0.717) is 24.5 Å². The molecule has 2 atom stereocenters. The number of methoxy groups -OCH3 is 1. The zero-order valence-electron chi connectivity index (χ0n) is 15.4. The van der Waals surface area contributed by atoms with Crippen molar-refractivity contribution in [1.82, 2.24) is 10.2 Å². The summed E-state index contributed by atoms with van der Waals surface area (Å²) in [4.78, 5) is 26.8. The first kappa shape index (κ1) is 19.1. The molecule has 1 heterocycles. The van der Waals surface area contributed by atoms with E-state index in [0.717, 1.165) is 25.7 Å². The van der Waals surface area contributed by atoms with Crippen LogP contribution < -0.4 is 15.4 Å². The lowest BCUT2D eigenvalue weighted by Gasteiger charge is -2.37. The van der Waals surface area contributed by atoms with Crippen molar-refractivity contribution >= 4 is 17.6 Å². The molecule has 0 spiro atoms. The number of amides is 3. The molecule has 1 saturated heterocycles. The smallest absolute Gasteiger partial charge is 0.322 e. The topological polar surface area (TPSA) is 70.7 Å². The third-order valence-corrected chi connectivity index (χ3v) is 4.69. The minimum Gasteiger partial charge on any atom is -0.495 e. The Hall–Kier alpha value is -2.24. The molecule has 25 heavy (non-hydrogen) atoms. The lowest BCUT2D eigenvalue weighted by Crippen LogP contribution is -2.50. The van der Waals surface area contributed by atoms with Crippen LogP contribution in [0.25, 0.3) is 0 Å². The van der Waals surface area contributed by atoms with Gasteiger partial charge in [0.25, 0.3) is 0 Å². The molecule has 0 radical (unpaired) electrons. The predicted molar refractivity (Wildman–Crippen MR) is 98.8 cm³/mol. The minimum atomic E-state index is -0.192. The average Bonchev–Trinajstić information content (AvgIpc) is 2.62. The quantitative estimate of drug-likeness (QED) is 0.776. The summed E-state index contributed by atoms with van der Waals surface area (Å²) in [7, 11) is 1.57. The van der Waals surface area contributed by atoms with Crippen LogP contribution in [0.2, 0.25) is 0 Å². The van der Waals surface area contributed by atoms with Gasteiger partial charge in [0.2, 0.25) is 5.91 Å². The van der Waals surface area contributed by atoms with Crippen LogP contribution in [0.1, 0.15) is 39.5 Å². The van der Waals surface area contributed by atoms with Crippen molar-refractivity contribution in [3.8, 4) is 5.75 Å². The number of ether oxygens (including phenoxy) is 1. The molecule has 1 aromatic rings. The number of piperidine rings is 1. The molecule has 1 aromatic carbocycles. The Morgan fingerprint density at radius 2 is 2.04 bits per heavy atom.